The number of aromatic nitrogens is 2. The lowest BCUT2D eigenvalue weighted by atomic mass is 10.5. The average molecular weight is 196 g/mol. The maximum absolute atomic E-state index is 11.2. The van der Waals surface area contributed by atoms with Crippen LogP contribution in [-0.2, 0) is 11.5 Å². The number of rotatable bonds is 4. The SMILES string of the molecule is O=c1ccn(COCC2CC2)c(=O)[nH]1. The first kappa shape index (κ1) is 9.21. The highest BCUT2D eigenvalue weighted by atomic mass is 16.5. The summed E-state index contributed by atoms with van der Waals surface area (Å²) in [5.41, 5.74) is -0.804. The molecule has 76 valence electrons. The van der Waals surface area contributed by atoms with E-state index in [2.05, 4.69) is 4.98 Å². The Balaban J connectivity index is 1.94. The van der Waals surface area contributed by atoms with Crippen molar-refractivity contribution in [1.29, 1.82) is 0 Å². The van der Waals surface area contributed by atoms with Gasteiger partial charge in [-0.25, -0.2) is 4.79 Å². The van der Waals surface area contributed by atoms with Crippen molar-refractivity contribution < 1.29 is 4.74 Å². The molecule has 0 aromatic carbocycles. The van der Waals surface area contributed by atoms with Crippen LogP contribution >= 0.6 is 0 Å². The van der Waals surface area contributed by atoms with Crippen molar-refractivity contribution in [2.45, 2.75) is 19.6 Å². The maximum Gasteiger partial charge on any atom is 0.330 e. The predicted octanol–water partition coefficient (Wildman–Crippen LogP) is -0.0793. The largest absolute Gasteiger partial charge is 0.360 e. The molecular formula is C9H12N2O3. The fourth-order valence-corrected chi connectivity index (χ4v) is 1.15. The van der Waals surface area contributed by atoms with Gasteiger partial charge in [-0.3, -0.25) is 14.3 Å². The van der Waals surface area contributed by atoms with Gasteiger partial charge < -0.3 is 4.74 Å². The van der Waals surface area contributed by atoms with Gasteiger partial charge in [-0.2, -0.15) is 0 Å². The van der Waals surface area contributed by atoms with Crippen molar-refractivity contribution in [1.82, 2.24) is 9.55 Å². The van der Waals surface area contributed by atoms with Gasteiger partial charge in [0.15, 0.2) is 0 Å². The van der Waals surface area contributed by atoms with Crippen molar-refractivity contribution >= 4 is 0 Å². The van der Waals surface area contributed by atoms with E-state index in [9.17, 15) is 9.59 Å². The molecule has 1 N–H and O–H groups in total. The van der Waals surface area contributed by atoms with Crippen LogP contribution in [0.25, 0.3) is 0 Å². The average Bonchev–Trinajstić information content (AvgIpc) is 2.92. The van der Waals surface area contributed by atoms with E-state index in [0.717, 1.165) is 0 Å². The van der Waals surface area contributed by atoms with Crippen LogP contribution < -0.4 is 11.2 Å². The monoisotopic (exact) mass is 196 g/mol. The van der Waals surface area contributed by atoms with Crippen molar-refractivity contribution in [2.24, 2.45) is 5.92 Å². The molecule has 5 nitrogen and oxygen atoms in total. The zero-order valence-corrected chi connectivity index (χ0v) is 7.73. The molecular weight excluding hydrogens is 184 g/mol. The zero-order valence-electron chi connectivity index (χ0n) is 7.73. The molecule has 0 bridgehead atoms. The van der Waals surface area contributed by atoms with Crippen LogP contribution in [-0.4, -0.2) is 16.2 Å². The van der Waals surface area contributed by atoms with Gasteiger partial charge in [0.25, 0.3) is 5.56 Å². The van der Waals surface area contributed by atoms with E-state index in [-0.39, 0.29) is 12.3 Å². The number of H-pyrrole nitrogens is 1. The second-order valence-corrected chi connectivity index (χ2v) is 3.52. The fraction of sp³-hybridized carbons (Fsp3) is 0.556. The first-order chi connectivity index (χ1) is 6.75. The highest BCUT2D eigenvalue weighted by Crippen LogP contribution is 2.28. The topological polar surface area (TPSA) is 64.1 Å². The highest BCUT2D eigenvalue weighted by molar-refractivity contribution is 4.81. The van der Waals surface area contributed by atoms with Gasteiger partial charge in [0.1, 0.15) is 6.73 Å². The van der Waals surface area contributed by atoms with Crippen molar-refractivity contribution in [3.8, 4) is 0 Å². The van der Waals surface area contributed by atoms with Crippen LogP contribution in [0, 0.1) is 5.92 Å². The lowest BCUT2D eigenvalue weighted by molar-refractivity contribution is 0.0658. The number of nitrogens with one attached hydrogen (secondary N) is 1. The first-order valence-electron chi connectivity index (χ1n) is 4.63. The maximum atomic E-state index is 11.2. The van der Waals surface area contributed by atoms with Gasteiger partial charge in [-0.05, 0) is 18.8 Å². The van der Waals surface area contributed by atoms with Crippen molar-refractivity contribution in [3.05, 3.63) is 33.1 Å². The third-order valence-electron chi connectivity index (χ3n) is 2.18. The predicted molar refractivity (Wildman–Crippen MR) is 50.0 cm³/mol. The van der Waals surface area contributed by atoms with E-state index in [4.69, 9.17) is 4.74 Å². The minimum absolute atomic E-state index is 0.214. The number of aromatic amines is 1. The van der Waals surface area contributed by atoms with Gasteiger partial charge in [0.2, 0.25) is 0 Å². The van der Waals surface area contributed by atoms with Crippen LogP contribution in [0.1, 0.15) is 12.8 Å². The summed E-state index contributed by atoms with van der Waals surface area (Å²) in [4.78, 5) is 24.0. The molecule has 1 aliphatic carbocycles. The van der Waals surface area contributed by atoms with Crippen LogP contribution in [0.15, 0.2) is 21.9 Å². The Bertz CT molecular complexity index is 417. The molecule has 2 rings (SSSR count). The minimum atomic E-state index is -0.423. The van der Waals surface area contributed by atoms with Crippen LogP contribution in [0.3, 0.4) is 0 Å². The van der Waals surface area contributed by atoms with Crippen LogP contribution in [0.2, 0.25) is 0 Å². The van der Waals surface area contributed by atoms with Crippen molar-refractivity contribution in [2.75, 3.05) is 6.61 Å². The van der Waals surface area contributed by atoms with Gasteiger partial charge in [0, 0.05) is 12.3 Å². The Labute approximate surface area is 80.3 Å². The number of hydrogen-bond acceptors (Lipinski definition) is 3. The zero-order chi connectivity index (χ0) is 9.97. The molecule has 0 unspecified atom stereocenters. The molecule has 1 aliphatic rings. The molecule has 0 saturated heterocycles. The van der Waals surface area contributed by atoms with Crippen LogP contribution in [0.5, 0.6) is 0 Å². The van der Waals surface area contributed by atoms with E-state index >= 15 is 0 Å². The summed E-state index contributed by atoms with van der Waals surface area (Å²) in [5, 5.41) is 0. The molecule has 0 spiro atoms. The fourth-order valence-electron chi connectivity index (χ4n) is 1.15. The highest BCUT2D eigenvalue weighted by Gasteiger charge is 2.21. The van der Waals surface area contributed by atoms with E-state index < -0.39 is 5.69 Å². The summed E-state index contributed by atoms with van der Waals surface area (Å²) in [6.45, 7) is 0.914. The van der Waals surface area contributed by atoms with E-state index in [1.54, 1.807) is 0 Å². The normalized spacial score (nSPS) is 15.7. The number of ether oxygens (including phenoxy) is 1. The second-order valence-electron chi connectivity index (χ2n) is 3.52. The second kappa shape index (κ2) is 3.79. The third kappa shape index (κ3) is 2.32. The summed E-state index contributed by atoms with van der Waals surface area (Å²) in [7, 11) is 0. The summed E-state index contributed by atoms with van der Waals surface area (Å²) < 4.78 is 6.64. The molecule has 1 fully saturated rings. The van der Waals surface area contributed by atoms with Crippen molar-refractivity contribution in [3.63, 3.8) is 0 Å². The lowest BCUT2D eigenvalue weighted by Crippen LogP contribution is -2.29. The molecule has 1 saturated carbocycles. The van der Waals surface area contributed by atoms with Gasteiger partial charge in [-0.15, -0.1) is 0 Å². The Hall–Kier alpha value is -1.36. The molecule has 0 radical (unpaired) electrons. The van der Waals surface area contributed by atoms with E-state index in [1.807, 2.05) is 0 Å². The van der Waals surface area contributed by atoms with Gasteiger partial charge >= 0.3 is 5.69 Å². The molecule has 1 heterocycles. The smallest absolute Gasteiger partial charge is 0.330 e. The summed E-state index contributed by atoms with van der Waals surface area (Å²) in [6.07, 6.45) is 3.88. The minimum Gasteiger partial charge on any atom is -0.360 e. The number of hydrogen-bond donors (Lipinski definition) is 1. The Morgan fingerprint density at radius 2 is 2.29 bits per heavy atom. The van der Waals surface area contributed by atoms with Gasteiger partial charge in [-0.1, -0.05) is 0 Å². The Morgan fingerprint density at radius 1 is 1.50 bits per heavy atom. The molecule has 1 aromatic rings. The quantitative estimate of drug-likeness (QED) is 0.732. The van der Waals surface area contributed by atoms with Gasteiger partial charge in [0.05, 0.1) is 6.61 Å². The van der Waals surface area contributed by atoms with E-state index in [0.29, 0.717) is 12.5 Å². The summed E-state index contributed by atoms with van der Waals surface area (Å²) in [6, 6.07) is 1.31. The molecule has 0 atom stereocenters. The Morgan fingerprint density at radius 3 is 2.93 bits per heavy atom. The Kier molecular flexibility index (Phi) is 2.49. The third-order valence-corrected chi connectivity index (χ3v) is 2.18. The summed E-state index contributed by atoms with van der Waals surface area (Å²) >= 11 is 0. The van der Waals surface area contributed by atoms with E-state index in [1.165, 1.54) is 29.7 Å². The molecule has 0 amide bonds. The molecule has 1 aromatic heterocycles. The molecule has 14 heavy (non-hydrogen) atoms. The number of nitrogens with zero attached hydrogens (tertiary/aromatic N) is 1. The van der Waals surface area contributed by atoms with Crippen LogP contribution in [0.4, 0.5) is 0 Å². The lowest BCUT2D eigenvalue weighted by Gasteiger charge is -2.04. The summed E-state index contributed by atoms with van der Waals surface area (Å²) in [5.74, 6) is 0.675. The molecule has 5 heteroatoms. The first-order valence-corrected chi connectivity index (χ1v) is 4.63. The molecule has 0 aliphatic heterocycles. The standard InChI is InChI=1S/C9H12N2O3/c12-8-3-4-11(9(13)10-8)6-14-5-7-1-2-7/h3-4,7H,1-2,5-6H2,(H,10,12,13).